The fraction of sp³-hybridized carbons (Fsp3) is 0.375. The van der Waals surface area contributed by atoms with Gasteiger partial charge in [0.15, 0.2) is 11.6 Å². The number of ether oxygens (including phenoxy) is 5. The molecular formula is C24H27FN2O10. The maximum atomic E-state index is 14.3. The van der Waals surface area contributed by atoms with Crippen LogP contribution in [0, 0.1) is 15.9 Å². The number of amides is 1. The van der Waals surface area contributed by atoms with E-state index in [9.17, 15) is 28.9 Å². The Morgan fingerprint density at radius 2 is 1.73 bits per heavy atom. The van der Waals surface area contributed by atoms with E-state index in [1.807, 2.05) is 0 Å². The lowest BCUT2D eigenvalue weighted by molar-refractivity contribution is -0.384. The number of esters is 1. The topological polar surface area (TPSA) is 153 Å². The maximum Gasteiger partial charge on any atom is 0.514 e. The number of hydrogen-bond donors (Lipinski definition) is 1. The third kappa shape index (κ3) is 11.3. The second-order valence-corrected chi connectivity index (χ2v) is 8.42. The van der Waals surface area contributed by atoms with Crippen LogP contribution < -0.4 is 14.8 Å². The molecule has 2 rings (SSSR count). The van der Waals surface area contributed by atoms with Gasteiger partial charge in [0.25, 0.3) is 5.69 Å². The summed E-state index contributed by atoms with van der Waals surface area (Å²) in [5.74, 6) is -1.85. The number of hydrogen-bond acceptors (Lipinski definition) is 10. The minimum atomic E-state index is -1.09. The quantitative estimate of drug-likeness (QED) is 0.113. The van der Waals surface area contributed by atoms with Crippen molar-refractivity contribution >= 4 is 23.9 Å². The first kappa shape index (κ1) is 29.0. The third-order valence-corrected chi connectivity index (χ3v) is 4.19. The average molecular weight is 522 g/mol. The molecule has 13 heteroatoms. The van der Waals surface area contributed by atoms with E-state index in [1.54, 1.807) is 20.8 Å². The van der Waals surface area contributed by atoms with Gasteiger partial charge >= 0.3 is 18.2 Å². The standard InChI is InChI=1S/C24H27FN2O10/c1-24(2,3)37-22(29)26-11-13-33-12-10-21(28)36-20-9-4-16(14-19(20)25)15-34-23(30)35-18-7-5-17(6-8-18)27(31)32/h4-9,14H,10-13,15H2,1-3H3,(H,26,29). The average Bonchev–Trinajstić information content (AvgIpc) is 2.80. The molecule has 0 fully saturated rings. The van der Waals surface area contributed by atoms with Crippen LogP contribution in [0.15, 0.2) is 42.5 Å². The number of nitrogens with one attached hydrogen (secondary N) is 1. The third-order valence-electron chi connectivity index (χ3n) is 4.19. The summed E-state index contributed by atoms with van der Waals surface area (Å²) >= 11 is 0. The molecule has 0 radical (unpaired) electrons. The van der Waals surface area contributed by atoms with Crippen LogP contribution >= 0.6 is 0 Å². The van der Waals surface area contributed by atoms with Crippen molar-refractivity contribution in [3.05, 3.63) is 64.0 Å². The summed E-state index contributed by atoms with van der Waals surface area (Å²) in [5, 5.41) is 13.1. The van der Waals surface area contributed by atoms with E-state index in [-0.39, 0.29) is 55.5 Å². The molecular weight excluding hydrogens is 495 g/mol. The van der Waals surface area contributed by atoms with Gasteiger partial charge in [-0.2, -0.15) is 0 Å². The molecule has 0 aliphatic heterocycles. The van der Waals surface area contributed by atoms with Crippen LogP contribution in [0.4, 0.5) is 19.7 Å². The summed E-state index contributed by atoms with van der Waals surface area (Å²) in [6, 6.07) is 8.41. The van der Waals surface area contributed by atoms with Crippen LogP contribution in [0.5, 0.6) is 11.5 Å². The second kappa shape index (κ2) is 13.7. The smallest absolute Gasteiger partial charge is 0.444 e. The van der Waals surface area contributed by atoms with Crippen LogP contribution in [0.25, 0.3) is 0 Å². The zero-order valence-corrected chi connectivity index (χ0v) is 20.5. The largest absolute Gasteiger partial charge is 0.514 e. The highest BCUT2D eigenvalue weighted by molar-refractivity contribution is 5.72. The van der Waals surface area contributed by atoms with Crippen molar-refractivity contribution < 1.29 is 47.4 Å². The van der Waals surface area contributed by atoms with Gasteiger partial charge in [0, 0.05) is 18.7 Å². The predicted molar refractivity (Wildman–Crippen MR) is 126 cm³/mol. The van der Waals surface area contributed by atoms with Gasteiger partial charge in [-0.1, -0.05) is 6.07 Å². The second-order valence-electron chi connectivity index (χ2n) is 8.42. The highest BCUT2D eigenvalue weighted by atomic mass is 19.1. The predicted octanol–water partition coefficient (Wildman–Crippen LogP) is 4.29. The highest BCUT2D eigenvalue weighted by Gasteiger charge is 2.16. The normalized spacial score (nSPS) is 10.8. The van der Waals surface area contributed by atoms with Crippen LogP contribution in [0.1, 0.15) is 32.8 Å². The van der Waals surface area contributed by atoms with Crippen molar-refractivity contribution in [1.82, 2.24) is 5.32 Å². The number of benzene rings is 2. The lowest BCUT2D eigenvalue weighted by atomic mass is 10.2. The Kier molecular flexibility index (Phi) is 10.8. The Hall–Kier alpha value is -4.26. The van der Waals surface area contributed by atoms with Gasteiger partial charge in [-0.3, -0.25) is 14.9 Å². The summed E-state index contributed by atoms with van der Waals surface area (Å²) in [6.07, 6.45) is -1.82. The minimum absolute atomic E-state index is 0.000747. The zero-order valence-electron chi connectivity index (χ0n) is 20.5. The Balaban J connectivity index is 1.68. The molecule has 0 saturated carbocycles. The van der Waals surface area contributed by atoms with E-state index in [0.29, 0.717) is 0 Å². The Labute approximate surface area is 211 Å². The van der Waals surface area contributed by atoms with Gasteiger partial charge in [0.05, 0.1) is 24.6 Å². The van der Waals surface area contributed by atoms with Gasteiger partial charge < -0.3 is 29.0 Å². The molecule has 0 bridgehead atoms. The first-order valence-corrected chi connectivity index (χ1v) is 11.1. The van der Waals surface area contributed by atoms with E-state index in [0.717, 1.165) is 18.2 Å². The number of carbonyl (C=O) groups is 3. The van der Waals surface area contributed by atoms with Gasteiger partial charge in [-0.15, -0.1) is 0 Å². The molecule has 0 aliphatic carbocycles. The molecule has 0 saturated heterocycles. The van der Waals surface area contributed by atoms with Crippen LogP contribution in [0.3, 0.4) is 0 Å². The first-order chi connectivity index (χ1) is 17.4. The number of nitrogens with zero attached hydrogens (tertiary/aromatic N) is 1. The SMILES string of the molecule is CC(C)(C)OC(=O)NCCOCCC(=O)Oc1ccc(COC(=O)Oc2ccc([N+](=O)[O-])cc2)cc1F. The number of halogens is 1. The molecule has 37 heavy (non-hydrogen) atoms. The molecule has 12 nitrogen and oxygen atoms in total. The first-order valence-electron chi connectivity index (χ1n) is 11.1. The monoisotopic (exact) mass is 522 g/mol. The summed E-state index contributed by atoms with van der Waals surface area (Å²) in [4.78, 5) is 45.2. The van der Waals surface area contributed by atoms with E-state index < -0.39 is 34.6 Å². The number of non-ortho nitro benzene ring substituents is 1. The fourth-order valence-corrected chi connectivity index (χ4v) is 2.59. The summed E-state index contributed by atoms with van der Waals surface area (Å²) in [6.45, 7) is 5.21. The van der Waals surface area contributed by atoms with Crippen LogP contribution in [-0.4, -0.2) is 48.5 Å². The minimum Gasteiger partial charge on any atom is -0.444 e. The molecule has 0 atom stereocenters. The van der Waals surface area contributed by atoms with Crippen molar-refractivity contribution in [2.75, 3.05) is 19.8 Å². The van der Waals surface area contributed by atoms with E-state index in [1.165, 1.54) is 24.3 Å². The van der Waals surface area contributed by atoms with E-state index in [2.05, 4.69) is 5.32 Å². The van der Waals surface area contributed by atoms with E-state index >= 15 is 0 Å². The zero-order chi connectivity index (χ0) is 27.4. The molecule has 200 valence electrons. The van der Waals surface area contributed by atoms with Crippen molar-refractivity contribution in [3.8, 4) is 11.5 Å². The fourth-order valence-electron chi connectivity index (χ4n) is 2.59. The summed E-state index contributed by atoms with van der Waals surface area (Å²) in [5.41, 5.74) is -0.520. The molecule has 0 unspecified atom stereocenters. The van der Waals surface area contributed by atoms with Crippen molar-refractivity contribution in [1.29, 1.82) is 0 Å². The van der Waals surface area contributed by atoms with Gasteiger partial charge in [0.2, 0.25) is 0 Å². The van der Waals surface area contributed by atoms with Gasteiger partial charge in [-0.05, 0) is 50.6 Å². The summed E-state index contributed by atoms with van der Waals surface area (Å²) in [7, 11) is 0. The molecule has 0 spiro atoms. The van der Waals surface area contributed by atoms with E-state index in [4.69, 9.17) is 23.7 Å². The Morgan fingerprint density at radius 3 is 2.35 bits per heavy atom. The number of nitro groups is 1. The lowest BCUT2D eigenvalue weighted by Crippen LogP contribution is -2.34. The molecule has 0 aliphatic rings. The Bertz CT molecular complexity index is 1100. The van der Waals surface area contributed by atoms with Gasteiger partial charge in [-0.25, -0.2) is 14.0 Å². The van der Waals surface area contributed by atoms with Crippen molar-refractivity contribution in [2.45, 2.75) is 39.4 Å². The van der Waals surface area contributed by atoms with Crippen molar-refractivity contribution in [3.63, 3.8) is 0 Å². The number of nitro benzene ring substituents is 1. The van der Waals surface area contributed by atoms with Crippen LogP contribution in [-0.2, 0) is 25.6 Å². The van der Waals surface area contributed by atoms with Crippen molar-refractivity contribution in [2.24, 2.45) is 0 Å². The molecule has 2 aromatic rings. The molecule has 1 N–H and O–H groups in total. The molecule has 0 aromatic heterocycles. The number of carbonyl (C=O) groups excluding carboxylic acids is 3. The molecule has 2 aromatic carbocycles. The summed E-state index contributed by atoms with van der Waals surface area (Å²) < 4.78 is 39.3. The maximum absolute atomic E-state index is 14.3. The molecule has 1 amide bonds. The number of alkyl carbamates (subject to hydrolysis) is 1. The van der Waals surface area contributed by atoms with Crippen LogP contribution in [0.2, 0.25) is 0 Å². The Morgan fingerprint density at radius 1 is 1.03 bits per heavy atom. The number of rotatable bonds is 11. The lowest BCUT2D eigenvalue weighted by Gasteiger charge is -2.19. The molecule has 0 heterocycles. The highest BCUT2D eigenvalue weighted by Crippen LogP contribution is 2.21. The van der Waals surface area contributed by atoms with Gasteiger partial charge in [0.1, 0.15) is 18.0 Å².